The van der Waals surface area contributed by atoms with Gasteiger partial charge in [-0.3, -0.25) is 14.9 Å². The van der Waals surface area contributed by atoms with Crippen molar-refractivity contribution in [2.75, 3.05) is 25.2 Å². The summed E-state index contributed by atoms with van der Waals surface area (Å²) in [6.07, 6.45) is 1.40. The van der Waals surface area contributed by atoms with Gasteiger partial charge in [-0.15, -0.1) is 0 Å². The lowest BCUT2D eigenvalue weighted by molar-refractivity contribution is -0.122. The number of benzene rings is 3. The highest BCUT2D eigenvalue weighted by molar-refractivity contribution is 9.10. The van der Waals surface area contributed by atoms with Crippen LogP contribution in [0.2, 0.25) is 5.02 Å². The number of aryl methyl sites for hydroxylation is 1. The molecular weight excluding hydrogens is 564 g/mol. The fourth-order valence-corrected chi connectivity index (χ4v) is 3.94. The van der Waals surface area contributed by atoms with Crippen LogP contribution in [0.3, 0.4) is 0 Å². The Morgan fingerprint density at radius 2 is 1.68 bits per heavy atom. The summed E-state index contributed by atoms with van der Waals surface area (Å²) < 4.78 is 17.7. The number of imide groups is 2. The quantitative estimate of drug-likeness (QED) is 0.212. The van der Waals surface area contributed by atoms with E-state index in [0.717, 1.165) is 14.9 Å². The molecule has 0 spiro atoms. The molecule has 1 aliphatic rings. The van der Waals surface area contributed by atoms with E-state index in [1.165, 1.54) is 13.2 Å². The van der Waals surface area contributed by atoms with Gasteiger partial charge in [0.15, 0.2) is 11.5 Å². The van der Waals surface area contributed by atoms with Gasteiger partial charge in [-0.05, 0) is 78.7 Å². The zero-order chi connectivity index (χ0) is 26.5. The van der Waals surface area contributed by atoms with Crippen molar-refractivity contribution >= 4 is 57.1 Å². The number of halogens is 2. The van der Waals surface area contributed by atoms with Crippen molar-refractivity contribution in [2.45, 2.75) is 6.92 Å². The highest BCUT2D eigenvalue weighted by Crippen LogP contribution is 2.30. The van der Waals surface area contributed by atoms with Crippen LogP contribution in [-0.2, 0) is 9.59 Å². The van der Waals surface area contributed by atoms with Crippen molar-refractivity contribution < 1.29 is 28.6 Å². The topological polar surface area (TPSA) is 94.2 Å². The third-order valence-electron chi connectivity index (χ3n) is 5.42. The molecule has 3 aromatic carbocycles. The first kappa shape index (κ1) is 26.2. The Bertz CT molecular complexity index is 1390. The molecule has 37 heavy (non-hydrogen) atoms. The Balaban J connectivity index is 1.47. The monoisotopic (exact) mass is 584 g/mol. The third kappa shape index (κ3) is 6.12. The number of ether oxygens (including phenoxy) is 3. The average molecular weight is 586 g/mol. The first-order chi connectivity index (χ1) is 17.8. The maximum atomic E-state index is 13.1. The summed E-state index contributed by atoms with van der Waals surface area (Å²) in [4.78, 5) is 38.8. The van der Waals surface area contributed by atoms with Crippen molar-refractivity contribution in [3.05, 3.63) is 86.9 Å². The van der Waals surface area contributed by atoms with E-state index in [1.54, 1.807) is 54.6 Å². The van der Waals surface area contributed by atoms with Crippen LogP contribution >= 0.6 is 27.5 Å². The van der Waals surface area contributed by atoms with Gasteiger partial charge in [-0.1, -0.05) is 33.6 Å². The molecule has 0 bridgehead atoms. The molecule has 1 N–H and O–H groups in total. The summed E-state index contributed by atoms with van der Waals surface area (Å²) in [6, 6.07) is 16.2. The normalized spacial score (nSPS) is 14.5. The SMILES string of the molecule is COc1cc(C=C2C(=O)NC(=O)N(c3ccc(Br)cc3)C2=O)ccc1OCCOc1ccc(Cl)c(C)c1. The number of amides is 4. The van der Waals surface area contributed by atoms with Crippen molar-refractivity contribution in [3.8, 4) is 17.2 Å². The van der Waals surface area contributed by atoms with Gasteiger partial charge in [0.1, 0.15) is 24.5 Å². The van der Waals surface area contributed by atoms with Crippen LogP contribution in [0.1, 0.15) is 11.1 Å². The van der Waals surface area contributed by atoms with E-state index in [4.69, 9.17) is 25.8 Å². The molecule has 8 nitrogen and oxygen atoms in total. The summed E-state index contributed by atoms with van der Waals surface area (Å²) >= 11 is 9.35. The van der Waals surface area contributed by atoms with Gasteiger partial charge < -0.3 is 14.2 Å². The van der Waals surface area contributed by atoms with E-state index < -0.39 is 17.8 Å². The third-order valence-corrected chi connectivity index (χ3v) is 6.38. The summed E-state index contributed by atoms with van der Waals surface area (Å²) in [6.45, 7) is 2.45. The smallest absolute Gasteiger partial charge is 0.335 e. The molecule has 4 amide bonds. The zero-order valence-electron chi connectivity index (χ0n) is 19.9. The minimum Gasteiger partial charge on any atom is -0.493 e. The van der Waals surface area contributed by atoms with Crippen LogP contribution in [0.15, 0.2) is 70.7 Å². The van der Waals surface area contributed by atoms with Gasteiger partial charge in [0.2, 0.25) is 0 Å². The van der Waals surface area contributed by atoms with Crippen LogP contribution in [0.25, 0.3) is 6.08 Å². The lowest BCUT2D eigenvalue weighted by Gasteiger charge is -2.26. The Kier molecular flexibility index (Phi) is 8.15. The fraction of sp³-hybridized carbons (Fsp3) is 0.148. The van der Waals surface area contributed by atoms with Crippen molar-refractivity contribution in [1.82, 2.24) is 5.32 Å². The van der Waals surface area contributed by atoms with Crippen LogP contribution in [0, 0.1) is 6.92 Å². The van der Waals surface area contributed by atoms with E-state index >= 15 is 0 Å². The average Bonchev–Trinajstić information content (AvgIpc) is 2.88. The second-order valence-corrected chi connectivity index (χ2v) is 9.28. The maximum absolute atomic E-state index is 13.1. The Labute approximate surface area is 226 Å². The van der Waals surface area contributed by atoms with Gasteiger partial charge in [0.25, 0.3) is 11.8 Å². The van der Waals surface area contributed by atoms with Crippen LogP contribution in [0.5, 0.6) is 17.2 Å². The summed E-state index contributed by atoms with van der Waals surface area (Å²) in [5, 5.41) is 2.88. The Morgan fingerprint density at radius 3 is 2.38 bits per heavy atom. The first-order valence-electron chi connectivity index (χ1n) is 11.1. The number of anilines is 1. The Morgan fingerprint density at radius 1 is 0.946 bits per heavy atom. The van der Waals surface area contributed by atoms with E-state index in [0.29, 0.717) is 40.1 Å². The van der Waals surface area contributed by atoms with Gasteiger partial charge in [-0.2, -0.15) is 0 Å². The second-order valence-electron chi connectivity index (χ2n) is 7.95. The highest BCUT2D eigenvalue weighted by atomic mass is 79.9. The summed E-state index contributed by atoms with van der Waals surface area (Å²) in [5.41, 5.74) is 1.58. The van der Waals surface area contributed by atoms with Gasteiger partial charge >= 0.3 is 6.03 Å². The van der Waals surface area contributed by atoms with Crippen LogP contribution in [-0.4, -0.2) is 38.2 Å². The number of carbonyl (C=O) groups is 3. The van der Waals surface area contributed by atoms with Crippen molar-refractivity contribution in [1.29, 1.82) is 0 Å². The number of nitrogens with zero attached hydrogens (tertiary/aromatic N) is 1. The minimum absolute atomic E-state index is 0.190. The largest absolute Gasteiger partial charge is 0.493 e. The molecule has 1 aliphatic heterocycles. The molecule has 1 heterocycles. The van der Waals surface area contributed by atoms with E-state index in [-0.39, 0.29) is 12.2 Å². The number of urea groups is 1. The molecule has 190 valence electrons. The van der Waals surface area contributed by atoms with Crippen LogP contribution < -0.4 is 24.4 Å². The number of carbonyl (C=O) groups excluding carboxylic acids is 3. The van der Waals surface area contributed by atoms with Gasteiger partial charge in [0.05, 0.1) is 12.8 Å². The fourth-order valence-electron chi connectivity index (χ4n) is 3.56. The molecule has 0 aromatic heterocycles. The summed E-state index contributed by atoms with van der Waals surface area (Å²) in [5.74, 6) is 0.0422. The molecule has 1 fully saturated rings. The van der Waals surface area contributed by atoms with E-state index in [9.17, 15) is 14.4 Å². The number of barbiturate groups is 1. The molecule has 0 atom stereocenters. The molecular formula is C27H22BrClN2O6. The molecule has 0 aliphatic carbocycles. The number of rotatable bonds is 8. The summed E-state index contributed by atoms with van der Waals surface area (Å²) in [7, 11) is 1.48. The maximum Gasteiger partial charge on any atom is 0.335 e. The van der Waals surface area contributed by atoms with Crippen molar-refractivity contribution in [3.63, 3.8) is 0 Å². The Hall–Kier alpha value is -3.82. The van der Waals surface area contributed by atoms with E-state index in [1.807, 2.05) is 13.0 Å². The molecule has 4 rings (SSSR count). The minimum atomic E-state index is -0.813. The molecule has 1 saturated heterocycles. The first-order valence-corrected chi connectivity index (χ1v) is 12.3. The lowest BCUT2D eigenvalue weighted by atomic mass is 10.1. The zero-order valence-corrected chi connectivity index (χ0v) is 22.3. The molecule has 10 heteroatoms. The van der Waals surface area contributed by atoms with Gasteiger partial charge in [-0.25, -0.2) is 9.69 Å². The lowest BCUT2D eigenvalue weighted by Crippen LogP contribution is -2.54. The number of hydrogen-bond acceptors (Lipinski definition) is 6. The molecule has 0 saturated carbocycles. The van der Waals surface area contributed by atoms with Crippen molar-refractivity contribution in [2.24, 2.45) is 0 Å². The van der Waals surface area contributed by atoms with Crippen LogP contribution in [0.4, 0.5) is 10.5 Å². The predicted octanol–water partition coefficient (Wildman–Crippen LogP) is 5.54. The van der Waals surface area contributed by atoms with Gasteiger partial charge in [0, 0.05) is 9.50 Å². The highest BCUT2D eigenvalue weighted by Gasteiger charge is 2.36. The molecule has 0 unspecified atom stereocenters. The standard InChI is InChI=1S/C27H22BrClN2O6/c1-16-13-20(8-9-22(16)29)36-11-12-37-23-10-3-17(15-24(23)35-2)14-21-25(32)30-27(34)31(26(21)33)19-6-4-18(28)5-7-19/h3-10,13-15H,11-12H2,1-2H3,(H,30,32,34). The second kappa shape index (κ2) is 11.5. The van der Waals surface area contributed by atoms with E-state index in [2.05, 4.69) is 21.2 Å². The number of hydrogen-bond donors (Lipinski definition) is 1. The number of nitrogens with one attached hydrogen (secondary N) is 1. The molecule has 0 radical (unpaired) electrons. The number of methoxy groups -OCH3 is 1. The predicted molar refractivity (Wildman–Crippen MR) is 143 cm³/mol. The molecule has 3 aromatic rings.